The highest BCUT2D eigenvalue weighted by Crippen LogP contribution is 2.11. The number of hydrogen-bond acceptors (Lipinski definition) is 3. The molecule has 1 amide bonds. The Morgan fingerprint density at radius 3 is 2.79 bits per heavy atom. The fourth-order valence-electron chi connectivity index (χ4n) is 1.63. The molecule has 2 N–H and O–H groups in total. The molecule has 0 heterocycles. The number of carbonyl (C=O) groups excluding carboxylic acids is 1. The molecule has 0 aromatic heterocycles. The number of rotatable bonds is 9. The molecule has 0 fully saturated rings. The van der Waals surface area contributed by atoms with E-state index in [0.29, 0.717) is 0 Å². The molecule has 1 aromatic rings. The molecule has 0 radical (unpaired) electrons. The molecule has 1 rings (SSSR count). The maximum Gasteiger partial charge on any atom is 0.238 e. The smallest absolute Gasteiger partial charge is 0.238 e. The van der Waals surface area contributed by atoms with E-state index in [1.165, 1.54) is 24.7 Å². The normalized spacial score (nSPS) is 10.4. The van der Waals surface area contributed by atoms with Gasteiger partial charge in [-0.25, -0.2) is 4.39 Å². The summed E-state index contributed by atoms with van der Waals surface area (Å²) >= 11 is 1.85. The van der Waals surface area contributed by atoms with Crippen LogP contribution < -0.4 is 10.6 Å². The summed E-state index contributed by atoms with van der Waals surface area (Å²) in [6.07, 6.45) is 5.55. The van der Waals surface area contributed by atoms with Crippen LogP contribution >= 0.6 is 11.8 Å². The van der Waals surface area contributed by atoms with Crippen LogP contribution in [0.15, 0.2) is 24.3 Å². The summed E-state index contributed by atoms with van der Waals surface area (Å²) in [7, 11) is 0. The van der Waals surface area contributed by atoms with Gasteiger partial charge in [-0.1, -0.05) is 18.6 Å². The minimum Gasteiger partial charge on any atom is -0.322 e. The molecule has 0 atom stereocenters. The Morgan fingerprint density at radius 1 is 1.26 bits per heavy atom. The summed E-state index contributed by atoms with van der Waals surface area (Å²) in [4.78, 5) is 11.6. The number of carbonyl (C=O) groups is 1. The number of amides is 1. The van der Waals surface area contributed by atoms with E-state index in [9.17, 15) is 9.18 Å². The number of para-hydroxylation sites is 1. The van der Waals surface area contributed by atoms with Crippen LogP contribution in [0.4, 0.5) is 10.1 Å². The van der Waals surface area contributed by atoms with Gasteiger partial charge in [0.2, 0.25) is 5.91 Å². The van der Waals surface area contributed by atoms with Gasteiger partial charge in [0.25, 0.3) is 0 Å². The average Bonchev–Trinajstić information content (AvgIpc) is 2.40. The van der Waals surface area contributed by atoms with Gasteiger partial charge >= 0.3 is 0 Å². The van der Waals surface area contributed by atoms with E-state index in [0.717, 1.165) is 13.0 Å². The van der Waals surface area contributed by atoms with Gasteiger partial charge in [-0.3, -0.25) is 4.79 Å². The van der Waals surface area contributed by atoms with Gasteiger partial charge in [-0.2, -0.15) is 11.8 Å². The first-order valence-electron chi connectivity index (χ1n) is 6.48. The van der Waals surface area contributed by atoms with Crippen LogP contribution in [0.1, 0.15) is 19.3 Å². The van der Waals surface area contributed by atoms with Crippen molar-refractivity contribution in [2.45, 2.75) is 19.3 Å². The fraction of sp³-hybridized carbons (Fsp3) is 0.500. The van der Waals surface area contributed by atoms with Crippen LogP contribution in [-0.4, -0.2) is 31.0 Å². The molecule has 19 heavy (non-hydrogen) atoms. The highest BCUT2D eigenvalue weighted by Gasteiger charge is 2.05. The molecular formula is C14H21FN2OS. The van der Waals surface area contributed by atoms with E-state index < -0.39 is 5.82 Å². The van der Waals surface area contributed by atoms with Crippen LogP contribution in [0.5, 0.6) is 0 Å². The van der Waals surface area contributed by atoms with E-state index in [1.807, 2.05) is 11.8 Å². The molecule has 0 saturated heterocycles. The third-order valence-electron chi connectivity index (χ3n) is 2.64. The number of unbranched alkanes of at least 4 members (excludes halogenated alkanes) is 2. The number of anilines is 1. The third-order valence-corrected chi connectivity index (χ3v) is 3.33. The Kier molecular flexibility index (Phi) is 8.25. The first kappa shape index (κ1) is 16.0. The first-order valence-corrected chi connectivity index (χ1v) is 7.87. The maximum atomic E-state index is 13.3. The second-order valence-electron chi connectivity index (χ2n) is 4.26. The standard InChI is InChI=1S/C14H21FN2OS/c1-19-10-6-2-5-9-16-11-14(18)17-13-8-4-3-7-12(13)15/h3-4,7-8,16H,2,5-6,9-11H2,1H3,(H,17,18). The summed E-state index contributed by atoms with van der Waals surface area (Å²) in [5.41, 5.74) is 0.231. The molecule has 0 aliphatic carbocycles. The molecule has 0 bridgehead atoms. The lowest BCUT2D eigenvalue weighted by Gasteiger charge is -2.07. The van der Waals surface area contributed by atoms with E-state index in [4.69, 9.17) is 0 Å². The van der Waals surface area contributed by atoms with Crippen molar-refractivity contribution in [3.63, 3.8) is 0 Å². The van der Waals surface area contributed by atoms with Crippen LogP contribution in [-0.2, 0) is 4.79 Å². The summed E-state index contributed by atoms with van der Waals surface area (Å²) in [5.74, 6) is 0.565. The Bertz CT molecular complexity index is 387. The Hall–Kier alpha value is -1.07. The number of hydrogen-bond donors (Lipinski definition) is 2. The minimum atomic E-state index is -0.409. The van der Waals surface area contributed by atoms with Crippen molar-refractivity contribution in [1.82, 2.24) is 5.32 Å². The van der Waals surface area contributed by atoms with Crippen molar-refractivity contribution >= 4 is 23.4 Å². The predicted molar refractivity (Wildman–Crippen MR) is 80.1 cm³/mol. The third kappa shape index (κ3) is 7.18. The zero-order valence-electron chi connectivity index (χ0n) is 11.2. The van der Waals surface area contributed by atoms with Crippen molar-refractivity contribution in [1.29, 1.82) is 0 Å². The lowest BCUT2D eigenvalue weighted by Crippen LogP contribution is -2.29. The largest absolute Gasteiger partial charge is 0.322 e. The monoisotopic (exact) mass is 284 g/mol. The van der Waals surface area contributed by atoms with Crippen molar-refractivity contribution in [2.24, 2.45) is 0 Å². The Balaban J connectivity index is 2.10. The predicted octanol–water partition coefficient (Wildman–Crippen LogP) is 2.89. The SMILES string of the molecule is CSCCCCCNCC(=O)Nc1ccccc1F. The summed E-state index contributed by atoms with van der Waals surface area (Å²) in [6.45, 7) is 1.04. The topological polar surface area (TPSA) is 41.1 Å². The van der Waals surface area contributed by atoms with Crippen molar-refractivity contribution < 1.29 is 9.18 Å². The van der Waals surface area contributed by atoms with Crippen LogP contribution in [0.25, 0.3) is 0 Å². The van der Waals surface area contributed by atoms with E-state index in [2.05, 4.69) is 16.9 Å². The molecule has 0 aliphatic heterocycles. The molecular weight excluding hydrogens is 263 g/mol. The van der Waals surface area contributed by atoms with Gasteiger partial charge in [-0.05, 0) is 43.5 Å². The highest BCUT2D eigenvalue weighted by atomic mass is 32.2. The number of benzene rings is 1. The number of nitrogens with one attached hydrogen (secondary N) is 2. The van der Waals surface area contributed by atoms with Crippen molar-refractivity contribution in [3.8, 4) is 0 Å². The second kappa shape index (κ2) is 9.81. The maximum absolute atomic E-state index is 13.3. The van der Waals surface area contributed by atoms with Gasteiger partial charge in [0.15, 0.2) is 0 Å². The zero-order chi connectivity index (χ0) is 13.9. The molecule has 0 spiro atoms. The van der Waals surface area contributed by atoms with Gasteiger partial charge in [-0.15, -0.1) is 0 Å². The molecule has 3 nitrogen and oxygen atoms in total. The molecule has 106 valence electrons. The zero-order valence-corrected chi connectivity index (χ0v) is 12.1. The lowest BCUT2D eigenvalue weighted by atomic mass is 10.2. The molecule has 0 saturated carbocycles. The number of thioether (sulfide) groups is 1. The first-order chi connectivity index (χ1) is 9.24. The highest BCUT2D eigenvalue weighted by molar-refractivity contribution is 7.98. The second-order valence-corrected chi connectivity index (χ2v) is 5.24. The minimum absolute atomic E-state index is 0.214. The van der Waals surface area contributed by atoms with E-state index >= 15 is 0 Å². The fourth-order valence-corrected chi connectivity index (χ4v) is 2.12. The van der Waals surface area contributed by atoms with Gasteiger partial charge in [0, 0.05) is 0 Å². The Morgan fingerprint density at radius 2 is 2.05 bits per heavy atom. The quantitative estimate of drug-likeness (QED) is 0.685. The average molecular weight is 284 g/mol. The van der Waals surface area contributed by atoms with Gasteiger partial charge < -0.3 is 10.6 Å². The van der Waals surface area contributed by atoms with Gasteiger partial charge in [0.05, 0.1) is 12.2 Å². The van der Waals surface area contributed by atoms with E-state index in [1.54, 1.807) is 18.2 Å². The van der Waals surface area contributed by atoms with Crippen LogP contribution in [0, 0.1) is 5.82 Å². The Labute approximate surface area is 118 Å². The molecule has 5 heteroatoms. The summed E-state index contributed by atoms with van der Waals surface area (Å²) in [6, 6.07) is 6.17. The molecule has 0 aliphatic rings. The number of halogens is 1. The van der Waals surface area contributed by atoms with Crippen molar-refractivity contribution in [3.05, 3.63) is 30.1 Å². The van der Waals surface area contributed by atoms with E-state index in [-0.39, 0.29) is 18.1 Å². The lowest BCUT2D eigenvalue weighted by molar-refractivity contribution is -0.115. The molecule has 0 unspecified atom stereocenters. The molecule has 1 aromatic carbocycles. The van der Waals surface area contributed by atoms with Crippen LogP contribution in [0.3, 0.4) is 0 Å². The van der Waals surface area contributed by atoms with Gasteiger partial charge in [0.1, 0.15) is 5.82 Å². The van der Waals surface area contributed by atoms with Crippen LogP contribution in [0.2, 0.25) is 0 Å². The van der Waals surface area contributed by atoms with Crippen molar-refractivity contribution in [2.75, 3.05) is 30.4 Å². The summed E-state index contributed by atoms with van der Waals surface area (Å²) < 4.78 is 13.3. The summed E-state index contributed by atoms with van der Waals surface area (Å²) in [5, 5.41) is 5.60.